The largest absolute Gasteiger partial charge is 0.381 e. The molecular formula is C22H28FN7O2. The van der Waals surface area contributed by atoms with Gasteiger partial charge >= 0.3 is 0 Å². The maximum atomic E-state index is 16.6. The summed E-state index contributed by atoms with van der Waals surface area (Å²) >= 11 is 0. The van der Waals surface area contributed by atoms with E-state index in [0.29, 0.717) is 43.2 Å². The number of nitrogens with zero attached hydrogens (tertiary/aromatic N) is 7. The number of halogens is 1. The Kier molecular flexibility index (Phi) is 5.29. The van der Waals surface area contributed by atoms with Crippen molar-refractivity contribution in [1.29, 1.82) is 0 Å². The van der Waals surface area contributed by atoms with Gasteiger partial charge in [-0.2, -0.15) is 5.10 Å². The Hall–Kier alpha value is -2.72. The molecule has 0 bridgehead atoms. The van der Waals surface area contributed by atoms with Gasteiger partial charge in [0.2, 0.25) is 0 Å². The molecule has 0 spiro atoms. The van der Waals surface area contributed by atoms with E-state index in [1.165, 1.54) is 4.57 Å². The van der Waals surface area contributed by atoms with Crippen molar-refractivity contribution >= 4 is 11.0 Å². The van der Waals surface area contributed by atoms with Crippen molar-refractivity contribution in [3.8, 4) is 0 Å². The minimum Gasteiger partial charge on any atom is -0.381 e. The Morgan fingerprint density at radius 3 is 2.66 bits per heavy atom. The molecule has 0 aromatic carbocycles. The highest BCUT2D eigenvalue weighted by molar-refractivity contribution is 5.73. The predicted molar refractivity (Wildman–Crippen MR) is 116 cm³/mol. The number of ether oxygens (including phenoxy) is 1. The fourth-order valence-electron chi connectivity index (χ4n) is 4.89. The van der Waals surface area contributed by atoms with Crippen molar-refractivity contribution in [3.05, 3.63) is 46.2 Å². The van der Waals surface area contributed by atoms with Crippen LogP contribution in [0.2, 0.25) is 0 Å². The number of aromatic nitrogens is 6. The molecule has 0 aliphatic carbocycles. The molecule has 2 aliphatic rings. The van der Waals surface area contributed by atoms with Gasteiger partial charge in [0.25, 0.3) is 5.56 Å². The number of alkyl halides is 1. The molecule has 0 saturated carbocycles. The van der Waals surface area contributed by atoms with Crippen molar-refractivity contribution in [2.75, 3.05) is 26.3 Å². The van der Waals surface area contributed by atoms with E-state index in [-0.39, 0.29) is 29.9 Å². The average molecular weight is 442 g/mol. The lowest BCUT2D eigenvalue weighted by Crippen LogP contribution is -2.37. The summed E-state index contributed by atoms with van der Waals surface area (Å²) in [6.45, 7) is 6.25. The Labute approximate surface area is 185 Å². The molecule has 0 N–H and O–H groups in total. The minimum absolute atomic E-state index is 0.100. The van der Waals surface area contributed by atoms with E-state index in [2.05, 4.69) is 15.1 Å². The van der Waals surface area contributed by atoms with Crippen LogP contribution in [0, 0.1) is 12.8 Å². The molecule has 2 aliphatic heterocycles. The third kappa shape index (κ3) is 3.51. The van der Waals surface area contributed by atoms with Gasteiger partial charge in [-0.05, 0) is 19.8 Å². The molecule has 10 heteroatoms. The van der Waals surface area contributed by atoms with Gasteiger partial charge in [0.05, 0.1) is 12.2 Å². The summed E-state index contributed by atoms with van der Waals surface area (Å²) in [7, 11) is 1.60. The number of aryl methyl sites for hydroxylation is 1. The molecule has 170 valence electrons. The number of hydrogen-bond donors (Lipinski definition) is 0. The lowest BCUT2D eigenvalue weighted by atomic mass is 9.93. The fourth-order valence-corrected chi connectivity index (χ4v) is 4.89. The molecule has 9 nitrogen and oxygen atoms in total. The first-order valence-corrected chi connectivity index (χ1v) is 11.1. The van der Waals surface area contributed by atoms with Crippen LogP contribution in [0.1, 0.15) is 43.0 Å². The summed E-state index contributed by atoms with van der Waals surface area (Å²) in [5.74, 6) is 0.542. The van der Waals surface area contributed by atoms with Crippen molar-refractivity contribution in [2.24, 2.45) is 13.0 Å². The highest BCUT2D eigenvalue weighted by Crippen LogP contribution is 2.40. The Bertz CT molecular complexity index is 1190. The summed E-state index contributed by atoms with van der Waals surface area (Å²) in [5.41, 5.74) is -0.622. The van der Waals surface area contributed by atoms with Gasteiger partial charge in [-0.15, -0.1) is 0 Å². The van der Waals surface area contributed by atoms with E-state index in [4.69, 9.17) is 9.72 Å². The molecule has 5 heterocycles. The van der Waals surface area contributed by atoms with Crippen LogP contribution in [0.25, 0.3) is 11.0 Å². The van der Waals surface area contributed by atoms with Crippen LogP contribution >= 0.6 is 0 Å². The normalized spacial score (nSPS) is 25.1. The van der Waals surface area contributed by atoms with Crippen LogP contribution in [-0.2, 0) is 24.0 Å². The monoisotopic (exact) mass is 441 g/mol. The third-order valence-corrected chi connectivity index (χ3v) is 6.75. The van der Waals surface area contributed by atoms with Gasteiger partial charge in [0, 0.05) is 63.8 Å². The van der Waals surface area contributed by atoms with E-state index in [0.717, 1.165) is 18.4 Å². The van der Waals surface area contributed by atoms with Crippen molar-refractivity contribution in [3.63, 3.8) is 0 Å². The maximum Gasteiger partial charge on any atom is 0.264 e. The smallest absolute Gasteiger partial charge is 0.264 e. The van der Waals surface area contributed by atoms with Gasteiger partial charge < -0.3 is 4.74 Å². The van der Waals surface area contributed by atoms with Crippen LogP contribution < -0.4 is 5.56 Å². The molecule has 0 amide bonds. The van der Waals surface area contributed by atoms with Crippen molar-refractivity contribution < 1.29 is 9.13 Å². The molecular weight excluding hydrogens is 413 g/mol. The van der Waals surface area contributed by atoms with Crippen molar-refractivity contribution in [2.45, 2.75) is 44.9 Å². The summed E-state index contributed by atoms with van der Waals surface area (Å²) in [6.07, 6.45) is 6.70. The maximum absolute atomic E-state index is 16.6. The molecule has 2 atom stereocenters. The number of hydrogen-bond acceptors (Lipinski definition) is 7. The summed E-state index contributed by atoms with van der Waals surface area (Å²) in [6, 6.07) is 0.100. The van der Waals surface area contributed by atoms with E-state index in [1.54, 1.807) is 30.3 Å². The molecule has 0 radical (unpaired) electrons. The lowest BCUT2D eigenvalue weighted by Gasteiger charge is -2.26. The Balaban J connectivity index is 1.50. The number of rotatable bonds is 4. The first kappa shape index (κ1) is 21.1. The van der Waals surface area contributed by atoms with Gasteiger partial charge in [-0.25, -0.2) is 24.0 Å². The van der Waals surface area contributed by atoms with Crippen LogP contribution in [0.3, 0.4) is 0 Å². The lowest BCUT2D eigenvalue weighted by molar-refractivity contribution is 0.0671. The van der Waals surface area contributed by atoms with E-state index in [9.17, 15) is 4.79 Å². The molecule has 2 saturated heterocycles. The second-order valence-corrected chi connectivity index (χ2v) is 9.04. The number of fused-ring (bicyclic) bond motifs is 1. The predicted octanol–water partition coefficient (Wildman–Crippen LogP) is 1.90. The first-order valence-electron chi connectivity index (χ1n) is 11.1. The minimum atomic E-state index is -1.75. The van der Waals surface area contributed by atoms with Crippen LogP contribution in [-0.4, -0.2) is 60.5 Å². The molecule has 0 unspecified atom stereocenters. The topological polar surface area (TPSA) is 91.0 Å². The molecule has 32 heavy (non-hydrogen) atoms. The third-order valence-electron chi connectivity index (χ3n) is 6.75. The second kappa shape index (κ2) is 8.00. The van der Waals surface area contributed by atoms with E-state index in [1.807, 2.05) is 18.7 Å². The molecule has 2 fully saturated rings. The summed E-state index contributed by atoms with van der Waals surface area (Å²) in [4.78, 5) is 28.3. The SMILES string of the molecule is Cc1ncc(CN2C[C@@H](C)[C@](F)(c3nc4c(cnn4C4CCOCC4)c(=O)n3C)C2)cn1. The fraction of sp³-hybridized carbons (Fsp3) is 0.591. The van der Waals surface area contributed by atoms with Gasteiger partial charge in [0.15, 0.2) is 17.1 Å². The van der Waals surface area contributed by atoms with Crippen LogP contribution in [0.5, 0.6) is 0 Å². The highest BCUT2D eigenvalue weighted by Gasteiger charge is 2.49. The number of likely N-dealkylation sites (tertiary alicyclic amines) is 1. The highest BCUT2D eigenvalue weighted by atomic mass is 19.1. The quantitative estimate of drug-likeness (QED) is 0.611. The van der Waals surface area contributed by atoms with Gasteiger partial charge in [0.1, 0.15) is 11.2 Å². The zero-order valence-electron chi connectivity index (χ0n) is 18.7. The second-order valence-electron chi connectivity index (χ2n) is 9.04. The standard InChI is InChI=1S/C22H28FN7O2/c1-14-11-29(12-16-8-24-15(2)25-9-16)13-22(14,23)21-27-19-18(20(31)28(21)3)10-26-30(19)17-4-6-32-7-5-17/h8-10,14,17H,4-7,11-13H2,1-3H3/t14-,22+/m1/s1. The average Bonchev–Trinajstić information content (AvgIpc) is 3.34. The molecule has 5 rings (SSSR count). The molecule has 3 aromatic rings. The Morgan fingerprint density at radius 2 is 1.94 bits per heavy atom. The molecule has 3 aromatic heterocycles. The van der Waals surface area contributed by atoms with Gasteiger partial charge in [-0.1, -0.05) is 6.92 Å². The van der Waals surface area contributed by atoms with Crippen molar-refractivity contribution in [1.82, 2.24) is 34.2 Å². The zero-order chi connectivity index (χ0) is 22.5. The van der Waals surface area contributed by atoms with E-state index < -0.39 is 5.67 Å². The Morgan fingerprint density at radius 1 is 1.22 bits per heavy atom. The summed E-state index contributed by atoms with van der Waals surface area (Å²) < 4.78 is 25.2. The van der Waals surface area contributed by atoms with Gasteiger partial charge in [-0.3, -0.25) is 14.3 Å². The summed E-state index contributed by atoms with van der Waals surface area (Å²) in [5, 5.41) is 4.87. The first-order chi connectivity index (χ1) is 15.4. The van der Waals surface area contributed by atoms with Crippen LogP contribution in [0.4, 0.5) is 4.39 Å². The van der Waals surface area contributed by atoms with E-state index >= 15 is 4.39 Å². The zero-order valence-corrected chi connectivity index (χ0v) is 18.7. The van der Waals surface area contributed by atoms with Crippen LogP contribution in [0.15, 0.2) is 23.4 Å².